The second-order valence-electron chi connectivity index (χ2n) is 5.11. The predicted molar refractivity (Wildman–Crippen MR) is 74.4 cm³/mol. The molecule has 20 heavy (non-hydrogen) atoms. The summed E-state index contributed by atoms with van der Waals surface area (Å²) in [6.45, 7) is 4.27. The number of nitrogens with one attached hydrogen (secondary N) is 1. The molecule has 5 nitrogen and oxygen atoms in total. The molecule has 1 unspecified atom stereocenters. The minimum absolute atomic E-state index is 0.0561. The molecule has 106 valence electrons. The Bertz CT molecular complexity index is 545. The molecule has 3 rings (SSSR count). The highest BCUT2D eigenvalue weighted by Crippen LogP contribution is 2.13. The fraction of sp³-hybridized carbons (Fsp3) is 0.467. The van der Waals surface area contributed by atoms with Gasteiger partial charge in [-0.1, -0.05) is 35.0 Å². The molecule has 1 saturated heterocycles. The molecule has 1 N–H and O–H groups in total. The second kappa shape index (κ2) is 6.15. The summed E-state index contributed by atoms with van der Waals surface area (Å²) in [5.41, 5.74) is 2.56. The van der Waals surface area contributed by atoms with Crippen molar-refractivity contribution < 1.29 is 9.26 Å². The first kappa shape index (κ1) is 13.3. The van der Waals surface area contributed by atoms with Gasteiger partial charge >= 0.3 is 0 Å². The lowest BCUT2D eigenvalue weighted by atomic mass is 10.1. The maximum atomic E-state index is 5.40. The number of hydrogen-bond acceptors (Lipinski definition) is 5. The normalized spacial score (nSPS) is 19.1. The first-order valence-electron chi connectivity index (χ1n) is 7.00. The van der Waals surface area contributed by atoms with Gasteiger partial charge in [-0.25, -0.2) is 0 Å². The van der Waals surface area contributed by atoms with Crippen LogP contribution in [0.5, 0.6) is 0 Å². The molecule has 1 aromatic carbocycles. The van der Waals surface area contributed by atoms with Gasteiger partial charge in [0.05, 0.1) is 19.3 Å². The molecule has 1 fully saturated rings. The van der Waals surface area contributed by atoms with Crippen LogP contribution < -0.4 is 5.32 Å². The second-order valence-corrected chi connectivity index (χ2v) is 5.11. The maximum absolute atomic E-state index is 5.40. The van der Waals surface area contributed by atoms with Crippen LogP contribution in [-0.2, 0) is 17.6 Å². The molecular formula is C15H19N3O2. The zero-order valence-corrected chi connectivity index (χ0v) is 11.6. The summed E-state index contributed by atoms with van der Waals surface area (Å²) in [5, 5.41) is 7.36. The maximum Gasteiger partial charge on any atom is 0.227 e. The van der Waals surface area contributed by atoms with Gasteiger partial charge in [0.1, 0.15) is 0 Å². The number of morpholine rings is 1. The zero-order valence-electron chi connectivity index (χ0n) is 11.6. The van der Waals surface area contributed by atoms with Crippen LogP contribution >= 0.6 is 0 Å². The lowest BCUT2D eigenvalue weighted by Gasteiger charge is -2.20. The first-order chi connectivity index (χ1) is 9.81. The number of hydrogen-bond donors (Lipinski definition) is 1. The minimum Gasteiger partial charge on any atom is -0.378 e. The molecule has 0 spiro atoms. The third-order valence-corrected chi connectivity index (χ3v) is 3.47. The Balaban J connectivity index is 1.58. The van der Waals surface area contributed by atoms with Crippen LogP contribution in [-0.4, -0.2) is 29.9 Å². The van der Waals surface area contributed by atoms with Crippen LogP contribution in [0, 0.1) is 6.92 Å². The van der Waals surface area contributed by atoms with Gasteiger partial charge < -0.3 is 14.6 Å². The summed E-state index contributed by atoms with van der Waals surface area (Å²) in [6, 6.07) is 8.59. The molecule has 0 saturated carbocycles. The molecule has 2 heterocycles. The predicted octanol–water partition coefficient (Wildman–Crippen LogP) is 1.82. The van der Waals surface area contributed by atoms with Crippen LogP contribution in [0.3, 0.4) is 0 Å². The van der Waals surface area contributed by atoms with E-state index >= 15 is 0 Å². The average Bonchev–Trinajstić information content (AvgIpc) is 2.97. The Morgan fingerprint density at radius 3 is 2.85 bits per heavy atom. The molecule has 0 radical (unpaired) electrons. The minimum atomic E-state index is 0.0561. The molecule has 0 amide bonds. The Hall–Kier alpha value is -1.72. The molecule has 0 aliphatic carbocycles. The molecular weight excluding hydrogens is 254 g/mol. The van der Waals surface area contributed by atoms with E-state index in [2.05, 4.69) is 46.6 Å². The van der Waals surface area contributed by atoms with Crippen LogP contribution in [0.2, 0.25) is 0 Å². The highest BCUT2D eigenvalue weighted by atomic mass is 16.5. The van der Waals surface area contributed by atoms with E-state index in [0.717, 1.165) is 26.0 Å². The van der Waals surface area contributed by atoms with Crippen molar-refractivity contribution >= 4 is 0 Å². The summed E-state index contributed by atoms with van der Waals surface area (Å²) < 4.78 is 10.7. The van der Waals surface area contributed by atoms with E-state index in [1.807, 2.05) is 0 Å². The van der Waals surface area contributed by atoms with E-state index in [1.165, 1.54) is 11.1 Å². The van der Waals surface area contributed by atoms with E-state index in [1.54, 1.807) is 0 Å². The van der Waals surface area contributed by atoms with Crippen molar-refractivity contribution in [3.8, 4) is 0 Å². The van der Waals surface area contributed by atoms with Crippen LogP contribution in [0.15, 0.2) is 28.8 Å². The largest absolute Gasteiger partial charge is 0.378 e. The van der Waals surface area contributed by atoms with Gasteiger partial charge in [0.2, 0.25) is 5.89 Å². The third-order valence-electron chi connectivity index (χ3n) is 3.47. The molecule has 5 heteroatoms. The van der Waals surface area contributed by atoms with Gasteiger partial charge in [-0.15, -0.1) is 0 Å². The SMILES string of the molecule is Cc1ccc(CCc2nc(C3COCCN3)no2)cc1. The van der Waals surface area contributed by atoms with Crippen molar-refractivity contribution in [2.24, 2.45) is 0 Å². The van der Waals surface area contributed by atoms with Gasteiger partial charge in [-0.2, -0.15) is 4.98 Å². The van der Waals surface area contributed by atoms with Crippen molar-refractivity contribution in [1.29, 1.82) is 0 Å². The molecule has 1 aliphatic heterocycles. The summed E-state index contributed by atoms with van der Waals surface area (Å²) in [7, 11) is 0. The van der Waals surface area contributed by atoms with Crippen molar-refractivity contribution in [2.45, 2.75) is 25.8 Å². The number of nitrogens with zero attached hydrogens (tertiary/aromatic N) is 2. The summed E-state index contributed by atoms with van der Waals surface area (Å²) >= 11 is 0. The van der Waals surface area contributed by atoms with Gasteiger partial charge in [-0.05, 0) is 18.9 Å². The fourth-order valence-corrected chi connectivity index (χ4v) is 2.25. The number of rotatable bonds is 4. The van der Waals surface area contributed by atoms with Gasteiger partial charge in [-0.3, -0.25) is 0 Å². The molecule has 2 aromatic rings. The van der Waals surface area contributed by atoms with Gasteiger partial charge in [0.15, 0.2) is 5.82 Å². The van der Waals surface area contributed by atoms with Crippen molar-refractivity contribution in [2.75, 3.05) is 19.8 Å². The standard InChI is InChI=1S/C15H19N3O2/c1-11-2-4-12(5-3-11)6-7-14-17-15(18-20-14)13-10-19-9-8-16-13/h2-5,13,16H,6-10H2,1H3. The lowest BCUT2D eigenvalue weighted by Crippen LogP contribution is -2.35. The van der Waals surface area contributed by atoms with E-state index in [4.69, 9.17) is 9.26 Å². The summed E-state index contributed by atoms with van der Waals surface area (Å²) in [4.78, 5) is 4.45. The van der Waals surface area contributed by atoms with E-state index in [9.17, 15) is 0 Å². The first-order valence-corrected chi connectivity index (χ1v) is 7.00. The quantitative estimate of drug-likeness (QED) is 0.920. The monoisotopic (exact) mass is 273 g/mol. The molecule has 0 bridgehead atoms. The van der Waals surface area contributed by atoms with E-state index < -0.39 is 0 Å². The Morgan fingerprint density at radius 1 is 1.25 bits per heavy atom. The number of ether oxygens (including phenoxy) is 1. The Kier molecular flexibility index (Phi) is 4.08. The molecule has 1 aliphatic rings. The van der Waals surface area contributed by atoms with Crippen LogP contribution in [0.4, 0.5) is 0 Å². The number of benzene rings is 1. The topological polar surface area (TPSA) is 60.2 Å². The lowest BCUT2D eigenvalue weighted by molar-refractivity contribution is 0.0734. The van der Waals surface area contributed by atoms with Crippen molar-refractivity contribution in [3.63, 3.8) is 0 Å². The van der Waals surface area contributed by atoms with E-state index in [-0.39, 0.29) is 6.04 Å². The van der Waals surface area contributed by atoms with Crippen LogP contribution in [0.25, 0.3) is 0 Å². The highest BCUT2D eigenvalue weighted by molar-refractivity contribution is 5.21. The molecule has 1 aromatic heterocycles. The van der Waals surface area contributed by atoms with Crippen LogP contribution in [0.1, 0.15) is 28.9 Å². The van der Waals surface area contributed by atoms with Crippen molar-refractivity contribution in [1.82, 2.24) is 15.5 Å². The summed E-state index contributed by atoms with van der Waals surface area (Å²) in [6.07, 6.45) is 1.68. The van der Waals surface area contributed by atoms with Gasteiger partial charge in [0.25, 0.3) is 0 Å². The number of aryl methyl sites for hydroxylation is 3. The number of aromatic nitrogens is 2. The zero-order chi connectivity index (χ0) is 13.8. The van der Waals surface area contributed by atoms with Crippen molar-refractivity contribution in [3.05, 3.63) is 47.1 Å². The third kappa shape index (κ3) is 3.23. The Labute approximate surface area is 118 Å². The van der Waals surface area contributed by atoms with Gasteiger partial charge in [0, 0.05) is 13.0 Å². The highest BCUT2D eigenvalue weighted by Gasteiger charge is 2.20. The summed E-state index contributed by atoms with van der Waals surface area (Å²) in [5.74, 6) is 1.39. The smallest absolute Gasteiger partial charge is 0.227 e. The fourth-order valence-electron chi connectivity index (χ4n) is 2.25. The van der Waals surface area contributed by atoms with E-state index in [0.29, 0.717) is 18.3 Å². The average molecular weight is 273 g/mol. The Morgan fingerprint density at radius 2 is 2.10 bits per heavy atom. The molecule has 1 atom stereocenters.